The second-order valence-corrected chi connectivity index (χ2v) is 5.31. The zero-order chi connectivity index (χ0) is 15.1. The van der Waals surface area contributed by atoms with Crippen LogP contribution in [-0.4, -0.2) is 26.8 Å². The summed E-state index contributed by atoms with van der Waals surface area (Å²) in [6.07, 6.45) is -0.872. The Balaban J connectivity index is 2.05. The van der Waals surface area contributed by atoms with Crippen molar-refractivity contribution in [2.75, 3.05) is 19.5 Å². The van der Waals surface area contributed by atoms with Gasteiger partial charge in [-0.1, -0.05) is 36.4 Å². The van der Waals surface area contributed by atoms with E-state index in [2.05, 4.69) is 29.6 Å². The molecule has 0 saturated carbocycles. The largest absolute Gasteiger partial charge is 0.355 e. The molecule has 0 radical (unpaired) electrons. The van der Waals surface area contributed by atoms with Gasteiger partial charge in [0.2, 0.25) is 0 Å². The van der Waals surface area contributed by atoms with Crippen molar-refractivity contribution in [3.05, 3.63) is 59.7 Å². The monoisotopic (exact) mass is 295 g/mol. The molecule has 4 nitrogen and oxygen atoms in total. The van der Waals surface area contributed by atoms with Crippen molar-refractivity contribution < 1.29 is 14.2 Å². The van der Waals surface area contributed by atoms with E-state index < -0.39 is 12.6 Å². The molecule has 1 N–H and O–H groups in total. The third-order valence-electron chi connectivity index (χ3n) is 4.14. The highest BCUT2D eigenvalue weighted by atomic mass is 16.8. The normalized spacial score (nSPS) is 22.5. The molecule has 0 aliphatic carbocycles. The molecular weight excluding hydrogens is 278 g/mol. The number of benzene rings is 2. The van der Waals surface area contributed by atoms with Gasteiger partial charge in [0.25, 0.3) is 0 Å². The maximum atomic E-state index is 5.93. The molecule has 2 aromatic carbocycles. The number of rotatable bonds is 2. The molecular formula is C18H17NO3. The SMILES string of the molecule is CO[C@H]1O[C@H](OC)C2=C1c1ccccc1Nc1ccccc12. The zero-order valence-electron chi connectivity index (χ0n) is 12.5. The Morgan fingerprint density at radius 1 is 0.773 bits per heavy atom. The number of methoxy groups -OCH3 is 2. The van der Waals surface area contributed by atoms with E-state index in [9.17, 15) is 0 Å². The number of hydrogen-bond donors (Lipinski definition) is 1. The van der Waals surface area contributed by atoms with Gasteiger partial charge in [-0.25, -0.2) is 0 Å². The molecule has 2 heterocycles. The molecule has 0 amide bonds. The molecule has 22 heavy (non-hydrogen) atoms. The molecule has 0 unspecified atom stereocenters. The quantitative estimate of drug-likeness (QED) is 0.918. The smallest absolute Gasteiger partial charge is 0.188 e. The fraction of sp³-hybridized carbons (Fsp3) is 0.222. The molecule has 0 fully saturated rings. The van der Waals surface area contributed by atoms with Crippen LogP contribution in [0, 0.1) is 0 Å². The molecule has 4 heteroatoms. The van der Waals surface area contributed by atoms with E-state index in [0.29, 0.717) is 0 Å². The second-order valence-electron chi connectivity index (χ2n) is 5.31. The molecule has 0 bridgehead atoms. The molecule has 2 atom stereocenters. The summed E-state index contributed by atoms with van der Waals surface area (Å²) in [7, 11) is 3.31. The Bertz CT molecular complexity index is 692. The van der Waals surface area contributed by atoms with Crippen molar-refractivity contribution in [2.45, 2.75) is 12.6 Å². The Labute approximate surface area is 129 Å². The van der Waals surface area contributed by atoms with Crippen LogP contribution in [0.5, 0.6) is 0 Å². The first-order valence-electron chi connectivity index (χ1n) is 7.24. The number of para-hydroxylation sites is 2. The van der Waals surface area contributed by atoms with E-state index in [1.807, 2.05) is 24.3 Å². The fourth-order valence-electron chi connectivity index (χ4n) is 3.19. The van der Waals surface area contributed by atoms with Crippen LogP contribution < -0.4 is 5.32 Å². The van der Waals surface area contributed by atoms with Gasteiger partial charge in [0, 0.05) is 47.9 Å². The molecule has 2 aliphatic rings. The number of fused-ring (bicyclic) bond motifs is 4. The molecule has 112 valence electrons. The minimum absolute atomic E-state index is 0.436. The van der Waals surface area contributed by atoms with Gasteiger partial charge in [0.05, 0.1) is 0 Å². The van der Waals surface area contributed by atoms with Crippen molar-refractivity contribution in [2.24, 2.45) is 0 Å². The summed E-state index contributed by atoms with van der Waals surface area (Å²) in [6.45, 7) is 0. The van der Waals surface area contributed by atoms with Gasteiger partial charge in [0.1, 0.15) is 0 Å². The third-order valence-corrected chi connectivity index (χ3v) is 4.14. The van der Waals surface area contributed by atoms with Gasteiger partial charge in [-0.15, -0.1) is 0 Å². The van der Waals surface area contributed by atoms with Gasteiger partial charge in [-0.05, 0) is 12.1 Å². The Hall–Kier alpha value is -2.14. The Morgan fingerprint density at radius 3 is 1.68 bits per heavy atom. The first kappa shape index (κ1) is 13.5. The molecule has 0 saturated heterocycles. The van der Waals surface area contributed by atoms with E-state index in [0.717, 1.165) is 33.6 Å². The maximum Gasteiger partial charge on any atom is 0.188 e. The lowest BCUT2D eigenvalue weighted by Crippen LogP contribution is -2.18. The van der Waals surface area contributed by atoms with Crippen molar-refractivity contribution in [1.82, 2.24) is 0 Å². The first-order chi connectivity index (χ1) is 10.8. The van der Waals surface area contributed by atoms with Crippen LogP contribution in [-0.2, 0) is 14.2 Å². The van der Waals surface area contributed by atoms with Gasteiger partial charge >= 0.3 is 0 Å². The third kappa shape index (κ3) is 1.89. The summed E-state index contributed by atoms with van der Waals surface area (Å²) >= 11 is 0. The minimum Gasteiger partial charge on any atom is -0.355 e. The lowest BCUT2D eigenvalue weighted by atomic mass is 9.95. The Kier molecular flexibility index (Phi) is 3.22. The average Bonchev–Trinajstić information content (AvgIpc) is 2.87. The van der Waals surface area contributed by atoms with E-state index in [4.69, 9.17) is 14.2 Å². The maximum absolute atomic E-state index is 5.93. The minimum atomic E-state index is -0.436. The van der Waals surface area contributed by atoms with E-state index >= 15 is 0 Å². The molecule has 0 spiro atoms. The molecule has 4 rings (SSSR count). The summed E-state index contributed by atoms with van der Waals surface area (Å²) in [5.74, 6) is 0. The van der Waals surface area contributed by atoms with E-state index in [-0.39, 0.29) is 0 Å². The summed E-state index contributed by atoms with van der Waals surface area (Å²) in [4.78, 5) is 0. The highest BCUT2D eigenvalue weighted by molar-refractivity contribution is 6.03. The van der Waals surface area contributed by atoms with Crippen molar-refractivity contribution in [3.63, 3.8) is 0 Å². The highest BCUT2D eigenvalue weighted by Crippen LogP contribution is 2.47. The van der Waals surface area contributed by atoms with Crippen LogP contribution in [0.1, 0.15) is 11.1 Å². The Morgan fingerprint density at radius 2 is 1.23 bits per heavy atom. The van der Waals surface area contributed by atoms with E-state index in [1.165, 1.54) is 0 Å². The summed E-state index contributed by atoms with van der Waals surface area (Å²) in [6, 6.07) is 16.4. The lowest BCUT2D eigenvalue weighted by molar-refractivity contribution is -0.167. The molecule has 2 aliphatic heterocycles. The van der Waals surface area contributed by atoms with E-state index in [1.54, 1.807) is 14.2 Å². The van der Waals surface area contributed by atoms with Crippen molar-refractivity contribution in [1.29, 1.82) is 0 Å². The molecule has 2 aromatic rings. The number of hydrogen-bond acceptors (Lipinski definition) is 4. The summed E-state index contributed by atoms with van der Waals surface area (Å²) in [5.41, 5.74) is 6.31. The van der Waals surface area contributed by atoms with Crippen LogP contribution in [0.15, 0.2) is 48.5 Å². The van der Waals surface area contributed by atoms with Gasteiger partial charge in [0.15, 0.2) is 12.6 Å². The predicted molar refractivity (Wildman–Crippen MR) is 85.7 cm³/mol. The first-order valence-corrected chi connectivity index (χ1v) is 7.24. The van der Waals surface area contributed by atoms with Crippen LogP contribution in [0.3, 0.4) is 0 Å². The summed E-state index contributed by atoms with van der Waals surface area (Å²) in [5, 5.41) is 3.51. The lowest BCUT2D eigenvalue weighted by Gasteiger charge is -2.18. The van der Waals surface area contributed by atoms with Gasteiger partial charge < -0.3 is 19.5 Å². The second kappa shape index (κ2) is 5.25. The van der Waals surface area contributed by atoms with Gasteiger partial charge in [-0.2, -0.15) is 0 Å². The number of nitrogens with one attached hydrogen (secondary N) is 1. The van der Waals surface area contributed by atoms with Crippen LogP contribution in [0.25, 0.3) is 11.1 Å². The highest BCUT2D eigenvalue weighted by Gasteiger charge is 2.39. The fourth-order valence-corrected chi connectivity index (χ4v) is 3.19. The van der Waals surface area contributed by atoms with Crippen LogP contribution in [0.4, 0.5) is 11.4 Å². The predicted octanol–water partition coefficient (Wildman–Crippen LogP) is 3.63. The zero-order valence-corrected chi connectivity index (χ0v) is 12.5. The molecule has 0 aromatic heterocycles. The topological polar surface area (TPSA) is 39.7 Å². The number of anilines is 2. The standard InChI is InChI=1S/C18H17NO3/c1-20-17-15-11-7-3-5-9-13(11)19-14-10-6-4-8-12(14)16(15)18(21-2)22-17/h3-10,17-19H,1-2H3/t17-,18-/m0/s1. The van der Waals surface area contributed by atoms with Crippen molar-refractivity contribution in [3.8, 4) is 0 Å². The number of ether oxygens (including phenoxy) is 3. The average molecular weight is 295 g/mol. The van der Waals surface area contributed by atoms with Crippen LogP contribution >= 0.6 is 0 Å². The van der Waals surface area contributed by atoms with Crippen LogP contribution in [0.2, 0.25) is 0 Å². The summed E-state index contributed by atoms with van der Waals surface area (Å²) < 4.78 is 17.0. The van der Waals surface area contributed by atoms with Gasteiger partial charge in [-0.3, -0.25) is 0 Å². The van der Waals surface area contributed by atoms with Crippen molar-refractivity contribution >= 4 is 22.5 Å².